The second-order valence-corrected chi connectivity index (χ2v) is 7.36. The molecular weight excluding hydrogens is 244 g/mol. The average Bonchev–Trinajstić information content (AvgIpc) is 2.43. The molecule has 1 saturated heterocycles. The topological polar surface area (TPSA) is 15.3 Å². The van der Waals surface area contributed by atoms with E-state index in [4.69, 9.17) is 0 Å². The van der Waals surface area contributed by atoms with E-state index in [2.05, 4.69) is 51.8 Å². The normalized spacial score (nSPS) is 29.9. The molecule has 2 heteroatoms. The SMILES string of the molecule is CCCCC(CCC)N1CC(C)(CC)NCC1C(C)C. The smallest absolute Gasteiger partial charge is 0.0278 e. The van der Waals surface area contributed by atoms with E-state index in [-0.39, 0.29) is 0 Å². The number of hydrogen-bond acceptors (Lipinski definition) is 2. The molecule has 1 N–H and O–H groups in total. The standard InChI is InChI=1S/C18H38N2/c1-7-10-12-16(11-8-2)20-14-18(6,9-3)19-13-17(20)15(4)5/h15-17,19H,7-14H2,1-6H3. The predicted octanol–water partition coefficient (Wildman–Crippen LogP) is 4.44. The molecule has 3 atom stereocenters. The zero-order chi connectivity index (χ0) is 15.2. The fourth-order valence-corrected chi connectivity index (χ4v) is 3.55. The summed E-state index contributed by atoms with van der Waals surface area (Å²) >= 11 is 0. The molecule has 0 saturated carbocycles. The van der Waals surface area contributed by atoms with Gasteiger partial charge in [0.2, 0.25) is 0 Å². The van der Waals surface area contributed by atoms with Crippen LogP contribution < -0.4 is 5.32 Å². The van der Waals surface area contributed by atoms with Gasteiger partial charge < -0.3 is 5.32 Å². The minimum absolute atomic E-state index is 0.309. The van der Waals surface area contributed by atoms with E-state index in [1.165, 1.54) is 45.1 Å². The Morgan fingerprint density at radius 1 is 1.15 bits per heavy atom. The summed E-state index contributed by atoms with van der Waals surface area (Å²) in [6, 6.07) is 1.50. The zero-order valence-electron chi connectivity index (χ0n) is 14.8. The number of rotatable bonds is 8. The molecule has 0 spiro atoms. The molecule has 0 bridgehead atoms. The Morgan fingerprint density at radius 2 is 1.85 bits per heavy atom. The van der Waals surface area contributed by atoms with Gasteiger partial charge in [0.1, 0.15) is 0 Å². The van der Waals surface area contributed by atoms with Gasteiger partial charge in [-0.2, -0.15) is 0 Å². The molecule has 1 aliphatic rings. The van der Waals surface area contributed by atoms with Crippen molar-refractivity contribution < 1.29 is 0 Å². The highest BCUT2D eigenvalue weighted by molar-refractivity contribution is 4.97. The van der Waals surface area contributed by atoms with Gasteiger partial charge in [-0.25, -0.2) is 0 Å². The van der Waals surface area contributed by atoms with Crippen molar-refractivity contribution in [3.05, 3.63) is 0 Å². The summed E-state index contributed by atoms with van der Waals surface area (Å²) in [5, 5.41) is 3.82. The zero-order valence-corrected chi connectivity index (χ0v) is 14.8. The third kappa shape index (κ3) is 4.73. The van der Waals surface area contributed by atoms with Gasteiger partial charge >= 0.3 is 0 Å². The van der Waals surface area contributed by atoms with Gasteiger partial charge in [-0.1, -0.05) is 53.9 Å². The van der Waals surface area contributed by atoms with Crippen molar-refractivity contribution in [1.82, 2.24) is 10.2 Å². The monoisotopic (exact) mass is 282 g/mol. The number of nitrogens with zero attached hydrogens (tertiary/aromatic N) is 1. The molecule has 2 nitrogen and oxygen atoms in total. The highest BCUT2D eigenvalue weighted by Gasteiger charge is 2.38. The number of hydrogen-bond donors (Lipinski definition) is 1. The summed E-state index contributed by atoms with van der Waals surface area (Å²) in [7, 11) is 0. The Kier molecular flexibility index (Phi) is 7.53. The Bertz CT molecular complexity index is 264. The molecule has 0 aromatic rings. The van der Waals surface area contributed by atoms with Crippen LogP contribution in [-0.4, -0.2) is 35.6 Å². The molecular formula is C18H38N2. The fourth-order valence-electron chi connectivity index (χ4n) is 3.55. The lowest BCUT2D eigenvalue weighted by atomic mass is 9.87. The molecule has 0 aromatic heterocycles. The Morgan fingerprint density at radius 3 is 2.35 bits per heavy atom. The van der Waals surface area contributed by atoms with E-state index in [0.29, 0.717) is 11.6 Å². The van der Waals surface area contributed by atoms with Gasteiger partial charge in [-0.3, -0.25) is 4.90 Å². The summed E-state index contributed by atoms with van der Waals surface area (Å²) in [6.07, 6.45) is 7.98. The van der Waals surface area contributed by atoms with Crippen LogP contribution in [0.4, 0.5) is 0 Å². The van der Waals surface area contributed by atoms with Crippen molar-refractivity contribution in [1.29, 1.82) is 0 Å². The number of nitrogens with one attached hydrogen (secondary N) is 1. The van der Waals surface area contributed by atoms with Crippen molar-refractivity contribution in [3.63, 3.8) is 0 Å². The summed E-state index contributed by atoms with van der Waals surface area (Å²) in [5.41, 5.74) is 0.309. The first-order valence-corrected chi connectivity index (χ1v) is 8.98. The highest BCUT2D eigenvalue weighted by atomic mass is 15.3. The van der Waals surface area contributed by atoms with Crippen molar-refractivity contribution >= 4 is 0 Å². The lowest BCUT2D eigenvalue weighted by Crippen LogP contribution is -2.66. The third-order valence-corrected chi connectivity index (χ3v) is 5.23. The van der Waals surface area contributed by atoms with Crippen LogP contribution in [0.1, 0.15) is 80.1 Å². The summed E-state index contributed by atoms with van der Waals surface area (Å²) in [5.74, 6) is 0.741. The minimum atomic E-state index is 0.309. The second-order valence-electron chi connectivity index (χ2n) is 7.36. The van der Waals surface area contributed by atoms with Crippen molar-refractivity contribution in [3.8, 4) is 0 Å². The number of piperazine rings is 1. The first-order valence-electron chi connectivity index (χ1n) is 8.98. The molecule has 1 rings (SSSR count). The molecule has 1 fully saturated rings. The minimum Gasteiger partial charge on any atom is -0.309 e. The van der Waals surface area contributed by atoms with Crippen LogP contribution in [0.25, 0.3) is 0 Å². The molecule has 1 aliphatic heterocycles. The van der Waals surface area contributed by atoms with E-state index in [0.717, 1.165) is 18.5 Å². The van der Waals surface area contributed by atoms with E-state index in [9.17, 15) is 0 Å². The lowest BCUT2D eigenvalue weighted by molar-refractivity contribution is 0.0174. The van der Waals surface area contributed by atoms with Crippen LogP contribution in [0.3, 0.4) is 0 Å². The molecule has 0 radical (unpaired) electrons. The molecule has 0 aliphatic carbocycles. The van der Waals surface area contributed by atoms with E-state index in [1.807, 2.05) is 0 Å². The fraction of sp³-hybridized carbons (Fsp3) is 1.00. The molecule has 3 unspecified atom stereocenters. The molecule has 1 heterocycles. The van der Waals surface area contributed by atoms with E-state index >= 15 is 0 Å². The second kappa shape index (κ2) is 8.38. The lowest BCUT2D eigenvalue weighted by Gasteiger charge is -2.51. The van der Waals surface area contributed by atoms with Gasteiger partial charge in [0.05, 0.1) is 0 Å². The molecule has 20 heavy (non-hydrogen) atoms. The first-order chi connectivity index (χ1) is 9.47. The third-order valence-electron chi connectivity index (χ3n) is 5.23. The van der Waals surface area contributed by atoms with E-state index < -0.39 is 0 Å². The van der Waals surface area contributed by atoms with Crippen LogP contribution in [0.5, 0.6) is 0 Å². The van der Waals surface area contributed by atoms with Gasteiger partial charge in [0, 0.05) is 30.7 Å². The van der Waals surface area contributed by atoms with Crippen LogP contribution in [0.15, 0.2) is 0 Å². The highest BCUT2D eigenvalue weighted by Crippen LogP contribution is 2.28. The van der Waals surface area contributed by atoms with Crippen molar-refractivity contribution in [2.45, 2.75) is 97.7 Å². The predicted molar refractivity (Wildman–Crippen MR) is 90.3 cm³/mol. The maximum atomic E-state index is 3.82. The maximum absolute atomic E-state index is 3.82. The summed E-state index contributed by atoms with van der Waals surface area (Å²) in [4.78, 5) is 2.86. The quantitative estimate of drug-likeness (QED) is 0.708. The Labute approximate surface area is 127 Å². The van der Waals surface area contributed by atoms with Crippen LogP contribution >= 0.6 is 0 Å². The molecule has 120 valence electrons. The van der Waals surface area contributed by atoms with Gasteiger partial charge in [0.15, 0.2) is 0 Å². The number of unbranched alkanes of at least 4 members (excludes halogenated alkanes) is 1. The van der Waals surface area contributed by atoms with Crippen molar-refractivity contribution in [2.75, 3.05) is 13.1 Å². The average molecular weight is 283 g/mol. The van der Waals surface area contributed by atoms with Crippen molar-refractivity contribution in [2.24, 2.45) is 5.92 Å². The largest absolute Gasteiger partial charge is 0.309 e. The molecule has 0 amide bonds. The first kappa shape index (κ1) is 18.0. The van der Waals surface area contributed by atoms with Crippen LogP contribution in [0, 0.1) is 5.92 Å². The van der Waals surface area contributed by atoms with Gasteiger partial charge in [-0.15, -0.1) is 0 Å². The van der Waals surface area contributed by atoms with E-state index in [1.54, 1.807) is 0 Å². The summed E-state index contributed by atoms with van der Waals surface area (Å²) in [6.45, 7) is 16.5. The van der Waals surface area contributed by atoms with Crippen LogP contribution in [0.2, 0.25) is 0 Å². The van der Waals surface area contributed by atoms with Gasteiger partial charge in [0.25, 0.3) is 0 Å². The Hall–Kier alpha value is -0.0800. The van der Waals surface area contributed by atoms with Crippen LogP contribution in [-0.2, 0) is 0 Å². The Balaban J connectivity index is 2.83. The summed E-state index contributed by atoms with van der Waals surface area (Å²) < 4.78 is 0. The maximum Gasteiger partial charge on any atom is 0.0278 e. The van der Waals surface area contributed by atoms with Gasteiger partial charge in [-0.05, 0) is 32.1 Å². The molecule has 0 aromatic carbocycles.